The Kier molecular flexibility index (Phi) is 4.51. The van der Waals surface area contributed by atoms with Crippen molar-refractivity contribution in [3.05, 3.63) is 24.3 Å². The van der Waals surface area contributed by atoms with Crippen LogP contribution in [0.4, 0.5) is 0 Å². The number of phenolic OH excluding ortho intramolecular Hbond substituents is 1. The third-order valence-electron chi connectivity index (χ3n) is 1.55. The smallest absolute Gasteiger partial charge is 0.231 e. The summed E-state index contributed by atoms with van der Waals surface area (Å²) in [6, 6.07) is 8.50. The Balaban J connectivity index is 2.37. The zero-order chi connectivity index (χ0) is 11.1. The third kappa shape index (κ3) is 4.38. The number of rotatable bonds is 4. The van der Waals surface area contributed by atoms with Gasteiger partial charge >= 0.3 is 0 Å². The molecule has 1 aromatic rings. The lowest BCUT2D eigenvalue weighted by molar-refractivity contribution is -0.118. The minimum Gasteiger partial charge on any atom is -0.508 e. The third-order valence-corrected chi connectivity index (χ3v) is 2.55. The lowest BCUT2D eigenvalue weighted by atomic mass is 10.3. The Morgan fingerprint density at radius 1 is 1.60 bits per heavy atom. The Morgan fingerprint density at radius 3 is 3.07 bits per heavy atom. The number of hydrogen-bond acceptors (Lipinski definition) is 4. The van der Waals surface area contributed by atoms with E-state index >= 15 is 0 Å². The number of carbonyl (C=O) groups excluding carboxylic acids is 1. The second-order valence-corrected chi connectivity index (χ2v) is 3.77. The van der Waals surface area contributed by atoms with E-state index in [1.165, 1.54) is 11.8 Å². The maximum Gasteiger partial charge on any atom is 0.231 e. The topological polar surface area (TPSA) is 73.1 Å². The van der Waals surface area contributed by atoms with Gasteiger partial charge in [0.2, 0.25) is 5.91 Å². The van der Waals surface area contributed by atoms with Gasteiger partial charge in [-0.3, -0.25) is 4.79 Å². The second kappa shape index (κ2) is 5.94. The molecule has 2 N–H and O–H groups in total. The van der Waals surface area contributed by atoms with Crippen molar-refractivity contribution in [3.8, 4) is 11.8 Å². The van der Waals surface area contributed by atoms with Gasteiger partial charge in [-0.2, -0.15) is 5.26 Å². The molecule has 0 saturated heterocycles. The van der Waals surface area contributed by atoms with E-state index in [0.717, 1.165) is 4.90 Å². The fourth-order valence-corrected chi connectivity index (χ4v) is 1.69. The molecule has 15 heavy (non-hydrogen) atoms. The van der Waals surface area contributed by atoms with E-state index in [1.54, 1.807) is 18.2 Å². The zero-order valence-corrected chi connectivity index (χ0v) is 8.75. The molecule has 0 aromatic heterocycles. The summed E-state index contributed by atoms with van der Waals surface area (Å²) in [6.07, 6.45) is 0. The molecule has 0 fully saturated rings. The maximum atomic E-state index is 11.1. The molecule has 1 amide bonds. The average Bonchev–Trinajstić information content (AvgIpc) is 2.23. The SMILES string of the molecule is N#CCNC(=O)CSc1cccc(O)c1. The fourth-order valence-electron chi connectivity index (χ4n) is 0.911. The van der Waals surface area contributed by atoms with Gasteiger partial charge in [0.1, 0.15) is 12.3 Å². The monoisotopic (exact) mass is 222 g/mol. The molecule has 0 atom stereocenters. The van der Waals surface area contributed by atoms with Gasteiger partial charge < -0.3 is 10.4 Å². The predicted octanol–water partition coefficient (Wildman–Crippen LogP) is 1.12. The molecule has 78 valence electrons. The largest absolute Gasteiger partial charge is 0.508 e. The molecule has 0 aliphatic rings. The molecular formula is C10H10N2O2S. The van der Waals surface area contributed by atoms with Crippen molar-refractivity contribution >= 4 is 17.7 Å². The Morgan fingerprint density at radius 2 is 2.40 bits per heavy atom. The number of amides is 1. The van der Waals surface area contributed by atoms with Crippen LogP contribution in [0.15, 0.2) is 29.2 Å². The average molecular weight is 222 g/mol. The molecule has 4 nitrogen and oxygen atoms in total. The number of nitrogens with zero attached hydrogens (tertiary/aromatic N) is 1. The van der Waals surface area contributed by atoms with Gasteiger partial charge in [0.15, 0.2) is 0 Å². The van der Waals surface area contributed by atoms with Crippen molar-refractivity contribution in [2.45, 2.75) is 4.90 Å². The minimum absolute atomic E-state index is 0.0272. The molecule has 0 heterocycles. The number of carbonyl (C=O) groups is 1. The number of nitrogens with one attached hydrogen (secondary N) is 1. The van der Waals surface area contributed by atoms with Crippen LogP contribution in [0.1, 0.15) is 0 Å². The molecule has 0 aliphatic heterocycles. The number of thioether (sulfide) groups is 1. The molecule has 0 bridgehead atoms. The van der Waals surface area contributed by atoms with Crippen LogP contribution in [0.5, 0.6) is 5.75 Å². The van der Waals surface area contributed by atoms with Gasteiger partial charge in [-0.15, -0.1) is 11.8 Å². The summed E-state index contributed by atoms with van der Waals surface area (Å²) in [5.41, 5.74) is 0. The summed E-state index contributed by atoms with van der Waals surface area (Å²) in [4.78, 5) is 11.9. The number of hydrogen-bond donors (Lipinski definition) is 2. The van der Waals surface area contributed by atoms with Crippen LogP contribution < -0.4 is 5.32 Å². The number of aromatic hydroxyl groups is 1. The minimum atomic E-state index is -0.190. The van der Waals surface area contributed by atoms with E-state index in [9.17, 15) is 4.79 Å². The predicted molar refractivity (Wildman–Crippen MR) is 57.5 cm³/mol. The van der Waals surface area contributed by atoms with Crippen LogP contribution in [0.3, 0.4) is 0 Å². The van der Waals surface area contributed by atoms with Gasteiger partial charge in [-0.05, 0) is 18.2 Å². The first kappa shape index (κ1) is 11.4. The van der Waals surface area contributed by atoms with E-state index in [0.29, 0.717) is 0 Å². The van der Waals surface area contributed by atoms with Crippen LogP contribution in [-0.2, 0) is 4.79 Å². The lowest BCUT2D eigenvalue weighted by Crippen LogP contribution is -2.25. The standard InChI is InChI=1S/C10H10N2O2S/c11-4-5-12-10(14)7-15-9-3-1-2-8(13)6-9/h1-3,6,13H,5,7H2,(H,12,14). The highest BCUT2D eigenvalue weighted by molar-refractivity contribution is 8.00. The van der Waals surface area contributed by atoms with Crippen LogP contribution in [0.25, 0.3) is 0 Å². The van der Waals surface area contributed by atoms with Gasteiger partial charge in [0.05, 0.1) is 11.8 Å². The molecule has 1 aromatic carbocycles. The van der Waals surface area contributed by atoms with Crippen molar-refractivity contribution in [1.82, 2.24) is 5.32 Å². The molecule has 0 saturated carbocycles. The van der Waals surface area contributed by atoms with Crippen molar-refractivity contribution in [3.63, 3.8) is 0 Å². The first-order chi connectivity index (χ1) is 7.22. The summed E-state index contributed by atoms with van der Waals surface area (Å²) in [7, 11) is 0. The Hall–Kier alpha value is -1.67. The molecular weight excluding hydrogens is 212 g/mol. The number of nitriles is 1. The number of phenols is 1. The van der Waals surface area contributed by atoms with Gasteiger partial charge in [0, 0.05) is 4.90 Å². The molecule has 5 heteroatoms. The highest BCUT2D eigenvalue weighted by Gasteiger charge is 2.02. The quantitative estimate of drug-likeness (QED) is 0.591. The summed E-state index contributed by atoms with van der Waals surface area (Å²) in [5, 5.41) is 19.8. The highest BCUT2D eigenvalue weighted by Crippen LogP contribution is 2.21. The van der Waals surface area contributed by atoms with E-state index in [2.05, 4.69) is 5.32 Å². The molecule has 1 rings (SSSR count). The van der Waals surface area contributed by atoms with E-state index in [1.807, 2.05) is 12.1 Å². The van der Waals surface area contributed by atoms with Crippen molar-refractivity contribution < 1.29 is 9.90 Å². The Bertz CT molecular complexity index is 387. The first-order valence-electron chi connectivity index (χ1n) is 4.28. The summed E-state index contributed by atoms with van der Waals surface area (Å²) in [6.45, 7) is 0.0272. The van der Waals surface area contributed by atoms with Gasteiger partial charge in [-0.25, -0.2) is 0 Å². The summed E-state index contributed by atoms with van der Waals surface area (Å²) in [5.74, 6) is 0.229. The normalized spacial score (nSPS) is 9.27. The van der Waals surface area contributed by atoms with Crippen molar-refractivity contribution in [2.75, 3.05) is 12.3 Å². The lowest BCUT2D eigenvalue weighted by Gasteiger charge is -2.01. The molecule has 0 aliphatic carbocycles. The zero-order valence-electron chi connectivity index (χ0n) is 7.93. The summed E-state index contributed by atoms with van der Waals surface area (Å²) >= 11 is 1.31. The van der Waals surface area contributed by atoms with E-state index in [-0.39, 0.29) is 24.0 Å². The van der Waals surface area contributed by atoms with E-state index in [4.69, 9.17) is 10.4 Å². The van der Waals surface area contributed by atoms with Gasteiger partial charge in [0.25, 0.3) is 0 Å². The Labute approximate surface area is 91.9 Å². The molecule has 0 spiro atoms. The van der Waals surface area contributed by atoms with E-state index < -0.39 is 0 Å². The van der Waals surface area contributed by atoms with Crippen LogP contribution in [0, 0.1) is 11.3 Å². The molecule has 0 radical (unpaired) electrons. The van der Waals surface area contributed by atoms with Crippen molar-refractivity contribution in [2.24, 2.45) is 0 Å². The van der Waals surface area contributed by atoms with Gasteiger partial charge in [-0.1, -0.05) is 6.07 Å². The van der Waals surface area contributed by atoms with Crippen LogP contribution in [0.2, 0.25) is 0 Å². The molecule has 0 unspecified atom stereocenters. The highest BCUT2D eigenvalue weighted by atomic mass is 32.2. The maximum absolute atomic E-state index is 11.1. The second-order valence-electron chi connectivity index (χ2n) is 2.72. The summed E-state index contributed by atoms with van der Waals surface area (Å²) < 4.78 is 0. The first-order valence-corrected chi connectivity index (χ1v) is 5.26. The van der Waals surface area contributed by atoms with Crippen LogP contribution >= 0.6 is 11.8 Å². The fraction of sp³-hybridized carbons (Fsp3) is 0.200. The van der Waals surface area contributed by atoms with Crippen molar-refractivity contribution in [1.29, 1.82) is 5.26 Å². The number of benzene rings is 1. The van der Waals surface area contributed by atoms with Crippen LogP contribution in [-0.4, -0.2) is 23.3 Å².